The SMILES string of the molecule is CC1CC(C)CC(NC(=O)c2nc(Nc3ccc(C(F)(F)F)cc3)c3ccc(-c4ncccc4C(F)(F)F)nc3n2)C1. The van der Waals surface area contributed by atoms with E-state index in [2.05, 4.69) is 44.4 Å². The average molecular weight is 589 g/mol. The van der Waals surface area contributed by atoms with E-state index >= 15 is 0 Å². The Morgan fingerprint density at radius 3 is 2.17 bits per heavy atom. The Bertz CT molecular complexity index is 1600. The molecule has 5 rings (SSSR count). The lowest BCUT2D eigenvalue weighted by molar-refractivity contribution is -0.138. The highest BCUT2D eigenvalue weighted by Crippen LogP contribution is 2.36. The summed E-state index contributed by atoms with van der Waals surface area (Å²) in [4.78, 5) is 30.1. The second-order valence-corrected chi connectivity index (χ2v) is 10.6. The van der Waals surface area contributed by atoms with E-state index in [1.54, 1.807) is 0 Å². The van der Waals surface area contributed by atoms with E-state index in [4.69, 9.17) is 0 Å². The van der Waals surface area contributed by atoms with E-state index in [0.717, 1.165) is 43.5 Å². The Kier molecular flexibility index (Phi) is 7.78. The van der Waals surface area contributed by atoms with Gasteiger partial charge in [0, 0.05) is 17.9 Å². The molecule has 3 aromatic heterocycles. The van der Waals surface area contributed by atoms with E-state index in [9.17, 15) is 31.1 Å². The van der Waals surface area contributed by atoms with Crippen LogP contribution in [0.25, 0.3) is 22.4 Å². The number of carbonyl (C=O) groups excluding carboxylic acids is 1. The number of fused-ring (bicyclic) bond motifs is 1. The number of alkyl halides is 6. The number of hydrogen-bond acceptors (Lipinski definition) is 6. The van der Waals surface area contributed by atoms with E-state index in [-0.39, 0.29) is 40.1 Å². The fourth-order valence-electron chi connectivity index (χ4n) is 5.37. The van der Waals surface area contributed by atoms with E-state index in [1.807, 2.05) is 0 Å². The Labute approximate surface area is 236 Å². The largest absolute Gasteiger partial charge is 0.418 e. The van der Waals surface area contributed by atoms with Crippen molar-refractivity contribution in [3.05, 3.63) is 71.7 Å². The molecule has 1 aliphatic carbocycles. The summed E-state index contributed by atoms with van der Waals surface area (Å²) in [5, 5.41) is 6.08. The van der Waals surface area contributed by atoms with Crippen molar-refractivity contribution in [2.45, 2.75) is 51.5 Å². The number of carbonyl (C=O) groups is 1. The highest BCUT2D eigenvalue weighted by molar-refractivity contribution is 5.96. The van der Waals surface area contributed by atoms with Crippen molar-refractivity contribution < 1.29 is 31.1 Å². The van der Waals surface area contributed by atoms with Crippen LogP contribution in [0.1, 0.15) is 54.9 Å². The van der Waals surface area contributed by atoms with Crippen LogP contribution in [0, 0.1) is 11.8 Å². The molecule has 2 unspecified atom stereocenters. The van der Waals surface area contributed by atoms with Gasteiger partial charge in [0.1, 0.15) is 11.5 Å². The molecule has 220 valence electrons. The van der Waals surface area contributed by atoms with Gasteiger partial charge in [-0.15, -0.1) is 0 Å². The van der Waals surface area contributed by atoms with Gasteiger partial charge in [0.05, 0.1) is 22.2 Å². The maximum Gasteiger partial charge on any atom is 0.418 e. The van der Waals surface area contributed by atoms with Crippen LogP contribution >= 0.6 is 0 Å². The summed E-state index contributed by atoms with van der Waals surface area (Å²) < 4.78 is 80.2. The number of aromatic nitrogens is 4. The van der Waals surface area contributed by atoms with Gasteiger partial charge in [0.2, 0.25) is 5.82 Å². The molecule has 42 heavy (non-hydrogen) atoms. The summed E-state index contributed by atoms with van der Waals surface area (Å²) in [5.74, 6) is -0.0339. The van der Waals surface area contributed by atoms with Crippen LogP contribution in [-0.4, -0.2) is 31.9 Å². The number of benzene rings is 1. The van der Waals surface area contributed by atoms with Crippen LogP contribution in [0.15, 0.2) is 54.7 Å². The molecule has 0 saturated heterocycles. The van der Waals surface area contributed by atoms with Gasteiger partial charge in [-0.05, 0) is 79.6 Å². The molecule has 0 radical (unpaired) electrons. The van der Waals surface area contributed by atoms with Gasteiger partial charge in [-0.25, -0.2) is 15.0 Å². The number of hydrogen-bond donors (Lipinski definition) is 2. The van der Waals surface area contributed by atoms with Gasteiger partial charge in [-0.3, -0.25) is 9.78 Å². The van der Waals surface area contributed by atoms with Gasteiger partial charge >= 0.3 is 12.4 Å². The second-order valence-electron chi connectivity index (χ2n) is 10.6. The van der Waals surface area contributed by atoms with Crippen LogP contribution in [0.4, 0.5) is 37.8 Å². The van der Waals surface area contributed by atoms with E-state index < -0.39 is 35.1 Å². The molecular formula is C29H26F6N6O. The zero-order valence-electron chi connectivity index (χ0n) is 22.5. The minimum atomic E-state index is -4.69. The first-order chi connectivity index (χ1) is 19.8. The molecule has 2 atom stereocenters. The van der Waals surface area contributed by atoms with Gasteiger partial charge in [0.15, 0.2) is 5.65 Å². The lowest BCUT2D eigenvalue weighted by atomic mass is 9.80. The monoisotopic (exact) mass is 588 g/mol. The Morgan fingerprint density at radius 2 is 1.52 bits per heavy atom. The van der Waals surface area contributed by atoms with Crippen LogP contribution < -0.4 is 10.6 Å². The maximum absolute atomic E-state index is 13.7. The standard InChI is InChI=1S/C29H26F6N6O/c1-15-12-16(2)14-19(13-15)38-27(42)26-40-24(37-18-7-5-17(6-8-18)28(30,31)32)20-9-10-22(39-25(20)41-26)23-21(29(33,34)35)4-3-11-36-23/h3-11,15-16,19H,12-14H2,1-2H3,(H,38,42)(H,37,39,40,41). The second kappa shape index (κ2) is 11.2. The van der Waals surface area contributed by atoms with Crippen molar-refractivity contribution in [3.8, 4) is 11.4 Å². The summed E-state index contributed by atoms with van der Waals surface area (Å²) in [5.41, 5.74) is -2.25. The van der Waals surface area contributed by atoms with Crippen molar-refractivity contribution in [1.29, 1.82) is 0 Å². The zero-order chi connectivity index (χ0) is 30.2. The number of rotatable bonds is 5. The Morgan fingerprint density at radius 1 is 0.833 bits per heavy atom. The van der Waals surface area contributed by atoms with Crippen LogP contribution in [0.5, 0.6) is 0 Å². The molecular weight excluding hydrogens is 562 g/mol. The van der Waals surface area contributed by atoms with Gasteiger partial charge in [-0.1, -0.05) is 13.8 Å². The van der Waals surface area contributed by atoms with Crippen LogP contribution in [0.3, 0.4) is 0 Å². The van der Waals surface area contributed by atoms with Crippen molar-refractivity contribution in [2.75, 3.05) is 5.32 Å². The first-order valence-electron chi connectivity index (χ1n) is 13.2. The Balaban J connectivity index is 1.56. The quantitative estimate of drug-likeness (QED) is 0.236. The van der Waals surface area contributed by atoms with Gasteiger partial charge in [0.25, 0.3) is 5.91 Å². The molecule has 4 aromatic rings. The van der Waals surface area contributed by atoms with Crippen molar-refractivity contribution in [2.24, 2.45) is 11.8 Å². The molecule has 2 N–H and O–H groups in total. The average Bonchev–Trinajstić information content (AvgIpc) is 2.91. The van der Waals surface area contributed by atoms with Crippen molar-refractivity contribution in [1.82, 2.24) is 25.3 Å². The fraction of sp³-hybridized carbons (Fsp3) is 0.345. The lowest BCUT2D eigenvalue weighted by Gasteiger charge is -2.31. The minimum Gasteiger partial charge on any atom is -0.347 e. The zero-order valence-corrected chi connectivity index (χ0v) is 22.5. The van der Waals surface area contributed by atoms with E-state index in [0.29, 0.717) is 11.8 Å². The number of nitrogens with one attached hydrogen (secondary N) is 2. The maximum atomic E-state index is 13.7. The molecule has 1 aromatic carbocycles. The summed E-state index contributed by atoms with van der Waals surface area (Å²) in [7, 11) is 0. The minimum absolute atomic E-state index is 0.0476. The van der Waals surface area contributed by atoms with Gasteiger partial charge in [-0.2, -0.15) is 26.3 Å². The highest BCUT2D eigenvalue weighted by atomic mass is 19.4. The number of nitrogens with zero attached hydrogens (tertiary/aromatic N) is 4. The first-order valence-corrected chi connectivity index (χ1v) is 13.2. The van der Waals surface area contributed by atoms with Crippen LogP contribution in [0.2, 0.25) is 0 Å². The number of halogens is 6. The summed E-state index contributed by atoms with van der Waals surface area (Å²) in [6.45, 7) is 4.21. The first kappa shape index (κ1) is 29.2. The smallest absolute Gasteiger partial charge is 0.347 e. The van der Waals surface area contributed by atoms with Crippen LogP contribution in [-0.2, 0) is 12.4 Å². The predicted octanol–water partition coefficient (Wildman–Crippen LogP) is 7.42. The Hall–Kier alpha value is -4.29. The summed E-state index contributed by atoms with van der Waals surface area (Å²) in [6, 6.07) is 8.84. The molecule has 3 heterocycles. The third-order valence-electron chi connectivity index (χ3n) is 7.11. The molecule has 0 aliphatic heterocycles. The lowest BCUT2D eigenvalue weighted by Crippen LogP contribution is -2.40. The van der Waals surface area contributed by atoms with Crippen molar-refractivity contribution in [3.63, 3.8) is 0 Å². The molecule has 0 bridgehead atoms. The number of amides is 1. The molecule has 1 fully saturated rings. The molecule has 1 aliphatic rings. The molecule has 1 saturated carbocycles. The predicted molar refractivity (Wildman–Crippen MR) is 144 cm³/mol. The number of pyridine rings is 2. The third-order valence-corrected chi connectivity index (χ3v) is 7.11. The highest BCUT2D eigenvalue weighted by Gasteiger charge is 2.35. The topological polar surface area (TPSA) is 92.7 Å². The van der Waals surface area contributed by atoms with Gasteiger partial charge < -0.3 is 10.6 Å². The summed E-state index contributed by atoms with van der Waals surface area (Å²) >= 11 is 0. The molecule has 0 spiro atoms. The third kappa shape index (κ3) is 6.44. The van der Waals surface area contributed by atoms with E-state index in [1.165, 1.54) is 30.5 Å². The molecule has 7 nitrogen and oxygen atoms in total. The summed E-state index contributed by atoms with van der Waals surface area (Å²) in [6.07, 6.45) is -5.44. The normalized spacial score (nSPS) is 19.5. The fourth-order valence-corrected chi connectivity index (χ4v) is 5.37. The molecule has 13 heteroatoms. The molecule has 1 amide bonds. The number of anilines is 2. The van der Waals surface area contributed by atoms with Crippen molar-refractivity contribution >= 4 is 28.4 Å².